The number of nitro benzene ring substituents is 1. The number of rotatable bonds is 3. The summed E-state index contributed by atoms with van der Waals surface area (Å²) in [5, 5.41) is 23.0. The molecule has 4 rings (SSSR count). The van der Waals surface area contributed by atoms with E-state index < -0.39 is 27.5 Å². The van der Waals surface area contributed by atoms with Crippen molar-refractivity contribution in [1.82, 2.24) is 0 Å². The smallest absolute Gasteiger partial charge is 0.280 e. The fourth-order valence-electron chi connectivity index (χ4n) is 4.43. The van der Waals surface area contributed by atoms with Gasteiger partial charge in [0.15, 0.2) is 5.54 Å². The molecule has 0 saturated heterocycles. The molecule has 1 N–H and O–H groups in total. The Morgan fingerprint density at radius 2 is 2.00 bits per heavy atom. The van der Waals surface area contributed by atoms with Gasteiger partial charge < -0.3 is 5.11 Å². The maximum Gasteiger partial charge on any atom is 0.280 e. The number of aliphatic imine (C=N–C) groups is 1. The van der Waals surface area contributed by atoms with Crippen LogP contribution in [0.5, 0.6) is 0 Å². The van der Waals surface area contributed by atoms with Gasteiger partial charge in [-0.1, -0.05) is 44.2 Å². The third-order valence-electron chi connectivity index (χ3n) is 5.68. The van der Waals surface area contributed by atoms with E-state index in [4.69, 9.17) is 0 Å². The number of hydrogen-bond acceptors (Lipinski definition) is 6. The second-order valence-corrected chi connectivity index (χ2v) is 7.31. The predicted molar refractivity (Wildman–Crippen MR) is 95.4 cm³/mol. The number of ketones is 1. The molecule has 2 aromatic rings. The van der Waals surface area contributed by atoms with Gasteiger partial charge in [-0.15, -0.1) is 0 Å². The topological polar surface area (TPSA) is 110 Å². The zero-order valence-electron chi connectivity index (χ0n) is 14.7. The SMILES string of the molecule is CC(C)c1ccc2c(c1)CC1(O)c3cccc([N+](=O)[O-])c3C(=O)C21N=C=O. The second-order valence-electron chi connectivity index (χ2n) is 7.31. The number of hydrogen-bond donors (Lipinski definition) is 1. The summed E-state index contributed by atoms with van der Waals surface area (Å²) >= 11 is 0. The molecule has 2 aliphatic carbocycles. The molecule has 0 aliphatic heterocycles. The molecule has 0 radical (unpaired) electrons. The highest BCUT2D eigenvalue weighted by Gasteiger charge is 2.70. The van der Waals surface area contributed by atoms with Gasteiger partial charge in [-0.3, -0.25) is 14.9 Å². The standard InChI is InChI=1S/C20H16N2O5/c1-11(2)12-6-7-14-13(8-12)9-19(25)15-4-3-5-16(22(26)27)17(15)18(24)20(14,19)21-10-23/h3-8,11,25H,9H2,1-2H3. The normalized spacial score (nSPS) is 25.0. The molecule has 2 aromatic carbocycles. The Bertz CT molecular complexity index is 1070. The summed E-state index contributed by atoms with van der Waals surface area (Å²) in [5.74, 6) is -0.508. The number of nitrogens with zero attached hydrogens (tertiary/aromatic N) is 2. The van der Waals surface area contributed by atoms with Gasteiger partial charge in [0.25, 0.3) is 5.69 Å². The Kier molecular flexibility index (Phi) is 3.47. The van der Waals surface area contributed by atoms with E-state index >= 15 is 0 Å². The molecular weight excluding hydrogens is 348 g/mol. The second kappa shape index (κ2) is 5.42. The molecule has 2 unspecified atom stereocenters. The minimum Gasteiger partial charge on any atom is -0.381 e. The molecule has 0 saturated carbocycles. The molecule has 0 fully saturated rings. The van der Waals surface area contributed by atoms with Crippen molar-refractivity contribution in [3.8, 4) is 0 Å². The van der Waals surface area contributed by atoms with E-state index in [0.717, 1.165) is 5.56 Å². The van der Waals surface area contributed by atoms with Crippen molar-refractivity contribution in [3.63, 3.8) is 0 Å². The number of nitro groups is 1. The van der Waals surface area contributed by atoms with Crippen LogP contribution in [0, 0.1) is 10.1 Å². The van der Waals surface area contributed by atoms with Crippen LogP contribution in [0.3, 0.4) is 0 Å². The molecular formula is C20H16N2O5. The molecule has 7 heteroatoms. The Balaban J connectivity index is 2.06. The highest BCUT2D eigenvalue weighted by molar-refractivity contribution is 6.14. The van der Waals surface area contributed by atoms with E-state index in [1.54, 1.807) is 6.07 Å². The van der Waals surface area contributed by atoms with Gasteiger partial charge in [-0.05, 0) is 22.6 Å². The summed E-state index contributed by atoms with van der Waals surface area (Å²) in [7, 11) is 0. The van der Waals surface area contributed by atoms with Crippen molar-refractivity contribution in [2.75, 3.05) is 0 Å². The summed E-state index contributed by atoms with van der Waals surface area (Å²) in [4.78, 5) is 39.1. The van der Waals surface area contributed by atoms with Crippen LogP contribution in [0.2, 0.25) is 0 Å². The molecule has 136 valence electrons. The average Bonchev–Trinajstić information content (AvgIpc) is 2.99. The summed E-state index contributed by atoms with van der Waals surface area (Å²) in [6.45, 7) is 4.05. The van der Waals surface area contributed by atoms with E-state index in [1.807, 2.05) is 26.0 Å². The van der Waals surface area contributed by atoms with E-state index in [9.17, 15) is 24.8 Å². The number of aliphatic hydroxyl groups is 1. The number of isocyanates is 1. The van der Waals surface area contributed by atoms with Gasteiger partial charge >= 0.3 is 0 Å². The number of Topliss-reactive ketones (excluding diaryl/α,β-unsaturated/α-hetero) is 1. The lowest BCUT2D eigenvalue weighted by atomic mass is 9.80. The van der Waals surface area contributed by atoms with Gasteiger partial charge in [-0.25, -0.2) is 4.79 Å². The lowest BCUT2D eigenvalue weighted by Gasteiger charge is -2.31. The quantitative estimate of drug-likeness (QED) is 0.390. The molecule has 27 heavy (non-hydrogen) atoms. The maximum atomic E-state index is 13.4. The van der Waals surface area contributed by atoms with Crippen molar-refractivity contribution < 1.29 is 19.6 Å². The maximum absolute atomic E-state index is 13.4. The fraction of sp³-hybridized carbons (Fsp3) is 0.300. The molecule has 0 bridgehead atoms. The first-order chi connectivity index (χ1) is 12.8. The lowest BCUT2D eigenvalue weighted by molar-refractivity contribution is -0.385. The number of carbonyl (C=O) groups is 1. The van der Waals surface area contributed by atoms with Crippen LogP contribution in [-0.4, -0.2) is 21.9 Å². The van der Waals surface area contributed by atoms with Gasteiger partial charge in [-0.2, -0.15) is 4.99 Å². The molecule has 0 heterocycles. The van der Waals surface area contributed by atoms with E-state index in [1.165, 1.54) is 24.3 Å². The summed E-state index contributed by atoms with van der Waals surface area (Å²) in [6, 6.07) is 9.51. The first-order valence-corrected chi connectivity index (χ1v) is 8.55. The Labute approximate surface area is 154 Å². The zero-order chi connectivity index (χ0) is 19.6. The Morgan fingerprint density at radius 1 is 1.26 bits per heavy atom. The Hall–Kier alpha value is -3.15. The molecule has 0 aromatic heterocycles. The van der Waals surface area contributed by atoms with Crippen LogP contribution in [-0.2, 0) is 22.4 Å². The minimum atomic E-state index is -1.94. The van der Waals surface area contributed by atoms with E-state index in [0.29, 0.717) is 11.1 Å². The predicted octanol–water partition coefficient (Wildman–Crippen LogP) is 2.89. The van der Waals surface area contributed by atoms with Crippen molar-refractivity contribution >= 4 is 17.6 Å². The van der Waals surface area contributed by atoms with Crippen LogP contribution < -0.4 is 0 Å². The highest BCUT2D eigenvalue weighted by atomic mass is 16.6. The molecule has 7 nitrogen and oxygen atoms in total. The zero-order valence-corrected chi connectivity index (χ0v) is 14.7. The minimum absolute atomic E-state index is 0.0357. The van der Waals surface area contributed by atoms with Gasteiger partial charge in [0, 0.05) is 18.1 Å². The van der Waals surface area contributed by atoms with Crippen LogP contribution >= 0.6 is 0 Å². The summed E-state index contributed by atoms with van der Waals surface area (Å²) in [5.41, 5.74) is -2.14. The number of carbonyl (C=O) groups excluding carboxylic acids is 2. The van der Waals surface area contributed by atoms with Crippen molar-refractivity contribution in [3.05, 3.63) is 74.3 Å². The van der Waals surface area contributed by atoms with E-state index in [2.05, 4.69) is 4.99 Å². The van der Waals surface area contributed by atoms with Crippen molar-refractivity contribution in [2.45, 2.75) is 37.3 Å². The van der Waals surface area contributed by atoms with Crippen LogP contribution in [0.4, 0.5) is 5.69 Å². The molecule has 0 amide bonds. The summed E-state index contributed by atoms with van der Waals surface area (Å²) < 4.78 is 0. The third kappa shape index (κ3) is 1.92. The third-order valence-corrected chi connectivity index (χ3v) is 5.68. The highest BCUT2D eigenvalue weighted by Crippen LogP contribution is 2.60. The van der Waals surface area contributed by atoms with Gasteiger partial charge in [0.05, 0.1) is 4.92 Å². The molecule has 2 aliphatic rings. The summed E-state index contributed by atoms with van der Waals surface area (Å²) in [6.07, 6.45) is 1.45. The van der Waals surface area contributed by atoms with Crippen LogP contribution in [0.25, 0.3) is 0 Å². The van der Waals surface area contributed by atoms with Crippen molar-refractivity contribution in [2.24, 2.45) is 4.99 Å². The first kappa shape index (κ1) is 17.3. The van der Waals surface area contributed by atoms with Crippen LogP contribution in [0.15, 0.2) is 41.4 Å². The first-order valence-electron chi connectivity index (χ1n) is 8.55. The fourth-order valence-corrected chi connectivity index (χ4v) is 4.43. The van der Waals surface area contributed by atoms with Crippen LogP contribution in [0.1, 0.15) is 52.4 Å². The lowest BCUT2D eigenvalue weighted by Crippen LogP contribution is -2.45. The average molecular weight is 364 g/mol. The Morgan fingerprint density at radius 3 is 2.63 bits per heavy atom. The number of fused-ring (bicyclic) bond motifs is 5. The molecule has 0 spiro atoms. The monoisotopic (exact) mass is 364 g/mol. The van der Waals surface area contributed by atoms with Gasteiger partial charge in [0.1, 0.15) is 11.2 Å². The van der Waals surface area contributed by atoms with Crippen molar-refractivity contribution in [1.29, 1.82) is 0 Å². The number of benzene rings is 2. The van der Waals surface area contributed by atoms with E-state index in [-0.39, 0.29) is 23.5 Å². The largest absolute Gasteiger partial charge is 0.381 e. The molecule has 2 atom stereocenters. The van der Waals surface area contributed by atoms with Gasteiger partial charge in [0.2, 0.25) is 11.9 Å².